The van der Waals surface area contributed by atoms with Gasteiger partial charge in [0, 0.05) is 23.8 Å². The van der Waals surface area contributed by atoms with Crippen LogP contribution in [0.2, 0.25) is 0 Å². The third kappa shape index (κ3) is 2.91. The molecule has 1 saturated heterocycles. The van der Waals surface area contributed by atoms with Gasteiger partial charge in [0.25, 0.3) is 0 Å². The molecule has 5 heteroatoms. The van der Waals surface area contributed by atoms with Gasteiger partial charge in [-0.2, -0.15) is 0 Å². The summed E-state index contributed by atoms with van der Waals surface area (Å²) in [6, 6.07) is 16.7. The van der Waals surface area contributed by atoms with Crippen LogP contribution in [-0.4, -0.2) is 15.1 Å². The van der Waals surface area contributed by atoms with Gasteiger partial charge in [-0.1, -0.05) is 12.1 Å². The van der Waals surface area contributed by atoms with Crippen molar-refractivity contribution in [2.24, 2.45) is 0 Å². The van der Waals surface area contributed by atoms with Crippen LogP contribution in [0.3, 0.4) is 0 Å². The number of aromatic nitrogens is 2. The number of aryl methyl sites for hydroxylation is 2. The van der Waals surface area contributed by atoms with Crippen molar-refractivity contribution >= 4 is 23.0 Å². The van der Waals surface area contributed by atoms with Crippen LogP contribution in [-0.2, 0) is 0 Å². The predicted octanol–water partition coefficient (Wildman–Crippen LogP) is 4.20. The van der Waals surface area contributed by atoms with Gasteiger partial charge in [-0.3, -0.25) is 4.98 Å². The number of benzene rings is 1. The van der Waals surface area contributed by atoms with Crippen LogP contribution in [0.5, 0.6) is 0 Å². The van der Waals surface area contributed by atoms with E-state index in [0.29, 0.717) is 0 Å². The first-order chi connectivity index (χ1) is 12.1. The lowest BCUT2D eigenvalue weighted by atomic mass is 10.0. The Balaban J connectivity index is 1.83. The molecule has 1 fully saturated rings. The first-order valence-electron chi connectivity index (χ1n) is 8.36. The Hall–Kier alpha value is -2.66. The van der Waals surface area contributed by atoms with Gasteiger partial charge in [0.2, 0.25) is 0 Å². The van der Waals surface area contributed by atoms with Gasteiger partial charge in [-0.15, -0.1) is 0 Å². The fraction of sp³-hybridized carbons (Fsp3) is 0.200. The van der Waals surface area contributed by atoms with E-state index in [1.54, 1.807) is 0 Å². The Labute approximate surface area is 152 Å². The fourth-order valence-electron chi connectivity index (χ4n) is 3.57. The molecule has 25 heavy (non-hydrogen) atoms. The Bertz CT molecular complexity index is 869. The summed E-state index contributed by atoms with van der Waals surface area (Å²) >= 11 is 5.71. The predicted molar refractivity (Wildman–Crippen MR) is 105 cm³/mol. The second-order valence-electron chi connectivity index (χ2n) is 6.47. The number of pyridine rings is 1. The van der Waals surface area contributed by atoms with Gasteiger partial charge in [0.15, 0.2) is 5.11 Å². The zero-order valence-electron chi connectivity index (χ0n) is 14.2. The van der Waals surface area contributed by atoms with E-state index in [1.807, 2.05) is 36.7 Å². The molecule has 0 saturated carbocycles. The van der Waals surface area contributed by atoms with E-state index in [4.69, 9.17) is 12.2 Å². The lowest BCUT2D eigenvalue weighted by Gasteiger charge is -2.27. The molecule has 3 heterocycles. The number of H-pyrrole nitrogens is 1. The van der Waals surface area contributed by atoms with Crippen LogP contribution in [0.1, 0.15) is 34.6 Å². The maximum Gasteiger partial charge on any atom is 0.174 e. The summed E-state index contributed by atoms with van der Waals surface area (Å²) in [5.74, 6) is 0. The van der Waals surface area contributed by atoms with E-state index in [2.05, 4.69) is 58.3 Å². The normalized spacial score (nSPS) is 19.9. The van der Waals surface area contributed by atoms with Crippen LogP contribution in [0, 0.1) is 13.8 Å². The Morgan fingerprint density at radius 1 is 1.04 bits per heavy atom. The zero-order valence-corrected chi connectivity index (χ0v) is 15.0. The third-order valence-corrected chi connectivity index (χ3v) is 4.84. The Morgan fingerprint density at radius 3 is 2.48 bits per heavy atom. The van der Waals surface area contributed by atoms with Crippen molar-refractivity contribution < 1.29 is 0 Å². The molecule has 0 radical (unpaired) electrons. The number of aromatic amines is 1. The summed E-state index contributed by atoms with van der Waals surface area (Å²) in [6.07, 6.45) is 3.77. The third-order valence-electron chi connectivity index (χ3n) is 4.52. The van der Waals surface area contributed by atoms with E-state index in [9.17, 15) is 0 Å². The molecule has 2 unspecified atom stereocenters. The molecule has 2 N–H and O–H groups in total. The highest BCUT2D eigenvalue weighted by molar-refractivity contribution is 7.80. The summed E-state index contributed by atoms with van der Waals surface area (Å²) in [4.78, 5) is 10.1. The van der Waals surface area contributed by atoms with Crippen LogP contribution in [0.4, 0.5) is 5.69 Å². The van der Waals surface area contributed by atoms with Gasteiger partial charge in [0.1, 0.15) is 6.04 Å². The molecule has 0 bridgehead atoms. The SMILES string of the molecule is Cc1cc(C)cc(N2C(=S)NC(c3ccccn3)C2c2ccc[nH]2)c1. The first kappa shape index (κ1) is 15.8. The second-order valence-corrected chi connectivity index (χ2v) is 6.85. The maximum absolute atomic E-state index is 5.71. The summed E-state index contributed by atoms with van der Waals surface area (Å²) < 4.78 is 0. The second kappa shape index (κ2) is 6.33. The molecule has 1 aliphatic rings. The number of nitrogens with one attached hydrogen (secondary N) is 2. The zero-order chi connectivity index (χ0) is 17.4. The van der Waals surface area contributed by atoms with Crippen LogP contribution in [0.15, 0.2) is 60.9 Å². The van der Waals surface area contributed by atoms with Crippen molar-refractivity contribution in [2.45, 2.75) is 25.9 Å². The molecule has 0 spiro atoms. The highest BCUT2D eigenvalue weighted by Crippen LogP contribution is 2.41. The van der Waals surface area contributed by atoms with Crippen molar-refractivity contribution in [3.8, 4) is 0 Å². The molecule has 3 aromatic rings. The highest BCUT2D eigenvalue weighted by atomic mass is 32.1. The largest absolute Gasteiger partial charge is 0.363 e. The number of hydrogen-bond donors (Lipinski definition) is 2. The van der Waals surface area contributed by atoms with Crippen molar-refractivity contribution in [1.82, 2.24) is 15.3 Å². The molecule has 4 nitrogen and oxygen atoms in total. The highest BCUT2D eigenvalue weighted by Gasteiger charge is 2.41. The average Bonchev–Trinajstić information content (AvgIpc) is 3.22. The van der Waals surface area contributed by atoms with Gasteiger partial charge >= 0.3 is 0 Å². The number of hydrogen-bond acceptors (Lipinski definition) is 2. The summed E-state index contributed by atoms with van der Waals surface area (Å²) in [7, 11) is 0. The molecule has 0 amide bonds. The standard InChI is InChI=1S/C20H20N4S/c1-13-10-14(2)12-15(11-13)24-19(17-7-5-9-22-17)18(23-20(24)25)16-6-3-4-8-21-16/h3-12,18-19,22H,1-2H3,(H,23,25). The van der Waals surface area contributed by atoms with Crippen molar-refractivity contribution in [2.75, 3.05) is 4.90 Å². The van der Waals surface area contributed by atoms with Crippen molar-refractivity contribution in [3.63, 3.8) is 0 Å². The van der Waals surface area contributed by atoms with Crippen molar-refractivity contribution in [3.05, 3.63) is 83.4 Å². The van der Waals surface area contributed by atoms with E-state index in [1.165, 1.54) is 11.1 Å². The summed E-state index contributed by atoms with van der Waals surface area (Å²) in [5.41, 5.74) is 5.65. The van der Waals surface area contributed by atoms with Gasteiger partial charge in [-0.05, 0) is 73.6 Å². The van der Waals surface area contributed by atoms with Gasteiger partial charge < -0.3 is 15.2 Å². The molecule has 0 aliphatic carbocycles. The summed E-state index contributed by atoms with van der Waals surface area (Å²) in [5, 5.41) is 4.19. The van der Waals surface area contributed by atoms with Crippen LogP contribution < -0.4 is 10.2 Å². The van der Waals surface area contributed by atoms with E-state index < -0.39 is 0 Å². The van der Waals surface area contributed by atoms with E-state index in [-0.39, 0.29) is 12.1 Å². The van der Waals surface area contributed by atoms with E-state index in [0.717, 1.165) is 22.2 Å². The lowest BCUT2D eigenvalue weighted by Crippen LogP contribution is -2.29. The number of thiocarbonyl (C=S) groups is 1. The molecular weight excluding hydrogens is 328 g/mol. The molecular formula is C20H20N4S. The minimum Gasteiger partial charge on any atom is -0.363 e. The van der Waals surface area contributed by atoms with Gasteiger partial charge in [-0.25, -0.2) is 0 Å². The maximum atomic E-state index is 5.71. The monoisotopic (exact) mass is 348 g/mol. The quantitative estimate of drug-likeness (QED) is 0.696. The minimum absolute atomic E-state index is 0.00633. The number of anilines is 1. The van der Waals surface area contributed by atoms with Crippen LogP contribution >= 0.6 is 12.2 Å². The topological polar surface area (TPSA) is 44.0 Å². The molecule has 1 aliphatic heterocycles. The Morgan fingerprint density at radius 2 is 1.84 bits per heavy atom. The first-order valence-corrected chi connectivity index (χ1v) is 8.76. The Kier molecular flexibility index (Phi) is 4.01. The number of rotatable bonds is 3. The van der Waals surface area contributed by atoms with Crippen molar-refractivity contribution in [1.29, 1.82) is 0 Å². The summed E-state index contributed by atoms with van der Waals surface area (Å²) in [6.45, 7) is 4.23. The molecule has 4 rings (SSSR count). The smallest absolute Gasteiger partial charge is 0.174 e. The fourth-order valence-corrected chi connectivity index (χ4v) is 3.91. The minimum atomic E-state index is -0.00633. The molecule has 2 aromatic heterocycles. The molecule has 2 atom stereocenters. The van der Waals surface area contributed by atoms with Crippen LogP contribution in [0.25, 0.3) is 0 Å². The number of nitrogens with zero attached hydrogens (tertiary/aromatic N) is 2. The average molecular weight is 348 g/mol. The van der Waals surface area contributed by atoms with Gasteiger partial charge in [0.05, 0.1) is 11.7 Å². The molecule has 1 aromatic carbocycles. The van der Waals surface area contributed by atoms with E-state index >= 15 is 0 Å². The lowest BCUT2D eigenvalue weighted by molar-refractivity contribution is 0.558. The molecule has 126 valence electrons.